The molecule has 0 radical (unpaired) electrons. The Morgan fingerprint density at radius 1 is 1.29 bits per heavy atom. The number of hydrogen-bond donors (Lipinski definition) is 3. The Morgan fingerprint density at radius 2 is 1.88 bits per heavy atom. The molecule has 1 aromatic rings. The van der Waals surface area contributed by atoms with E-state index in [-0.39, 0.29) is 11.5 Å². The topological polar surface area (TPSA) is 74.6 Å². The largest absolute Gasteiger partial charge is 0.389 e. The summed E-state index contributed by atoms with van der Waals surface area (Å²) in [5.74, 6) is -0.0477. The molecular weight excluding hydrogens is 260 g/mol. The molecule has 2 N–H and O–H groups in total. The molecule has 2 unspecified atom stereocenters. The van der Waals surface area contributed by atoms with Crippen molar-refractivity contribution in [3.63, 3.8) is 0 Å². The van der Waals surface area contributed by atoms with Crippen LogP contribution in [-0.4, -0.2) is 36.7 Å². The number of rotatable bonds is 5. The average Bonchev–Trinajstić information content (AvgIpc) is 2.25. The maximum Gasteiger partial charge on any atom is 0.151 e. The van der Waals surface area contributed by atoms with E-state index in [2.05, 4.69) is 12.6 Å². The fraction of sp³-hybridized carbons (Fsp3) is 0.455. The highest BCUT2D eigenvalue weighted by atomic mass is 32.2. The molecule has 0 saturated carbocycles. The molecule has 6 heteroatoms. The van der Waals surface area contributed by atoms with E-state index in [9.17, 15) is 18.6 Å². The van der Waals surface area contributed by atoms with E-state index < -0.39 is 22.0 Å². The summed E-state index contributed by atoms with van der Waals surface area (Å²) in [6.45, 7) is 0. The Kier molecular flexibility index (Phi) is 5.00. The van der Waals surface area contributed by atoms with E-state index in [1.165, 1.54) is 0 Å². The zero-order valence-corrected chi connectivity index (χ0v) is 11.2. The number of hydrogen-bond acceptors (Lipinski definition) is 5. The summed E-state index contributed by atoms with van der Waals surface area (Å²) in [5, 5.41) is 19.4. The second kappa shape index (κ2) is 5.86. The van der Waals surface area contributed by atoms with Gasteiger partial charge in [-0.05, 0) is 11.1 Å². The average molecular weight is 276 g/mol. The van der Waals surface area contributed by atoms with Gasteiger partial charge in [-0.3, -0.25) is 0 Å². The van der Waals surface area contributed by atoms with Gasteiger partial charge in [-0.1, -0.05) is 24.3 Å². The monoisotopic (exact) mass is 276 g/mol. The van der Waals surface area contributed by atoms with Crippen LogP contribution in [0.1, 0.15) is 17.2 Å². The lowest BCUT2D eigenvalue weighted by molar-refractivity contribution is 0.0333. The molecule has 1 aromatic carbocycles. The lowest BCUT2D eigenvalue weighted by atomic mass is 10.0. The van der Waals surface area contributed by atoms with Crippen LogP contribution >= 0.6 is 12.6 Å². The van der Waals surface area contributed by atoms with Crippen molar-refractivity contribution < 1.29 is 18.6 Å². The number of aliphatic hydroxyl groups excluding tert-OH is 2. The molecule has 17 heavy (non-hydrogen) atoms. The normalized spacial score (nSPS) is 15.5. The van der Waals surface area contributed by atoms with Crippen molar-refractivity contribution >= 4 is 22.5 Å². The molecular formula is C11H16O4S2. The fourth-order valence-electron chi connectivity index (χ4n) is 1.54. The maximum atomic E-state index is 11.3. The number of benzene rings is 1. The molecule has 0 amide bonds. The third kappa shape index (κ3) is 4.31. The Morgan fingerprint density at radius 3 is 2.41 bits per heavy atom. The van der Waals surface area contributed by atoms with Gasteiger partial charge in [-0.15, -0.1) is 0 Å². The summed E-state index contributed by atoms with van der Waals surface area (Å²) < 4.78 is 22.5. The van der Waals surface area contributed by atoms with Gasteiger partial charge in [0.25, 0.3) is 0 Å². The van der Waals surface area contributed by atoms with Gasteiger partial charge < -0.3 is 10.2 Å². The first-order chi connectivity index (χ1) is 7.85. The highest BCUT2D eigenvalue weighted by molar-refractivity contribution is 7.89. The van der Waals surface area contributed by atoms with E-state index in [1.54, 1.807) is 24.3 Å². The minimum atomic E-state index is -3.18. The van der Waals surface area contributed by atoms with E-state index >= 15 is 0 Å². The SMILES string of the molecule is CS(=O)(=O)Cc1ccccc1C(O)C(O)CS. The molecule has 96 valence electrons. The van der Waals surface area contributed by atoms with Gasteiger partial charge in [-0.25, -0.2) is 8.42 Å². The van der Waals surface area contributed by atoms with Crippen LogP contribution in [0.2, 0.25) is 0 Å². The molecule has 0 aliphatic rings. The zero-order chi connectivity index (χ0) is 13.1. The minimum absolute atomic E-state index is 0.106. The van der Waals surface area contributed by atoms with Gasteiger partial charge in [0, 0.05) is 12.0 Å². The molecule has 0 heterocycles. The standard InChI is InChI=1S/C11H16O4S2/c1-17(14,15)7-8-4-2-3-5-9(8)11(13)10(12)6-16/h2-5,10-13,16H,6-7H2,1H3. The van der Waals surface area contributed by atoms with E-state index in [0.717, 1.165) is 6.26 Å². The summed E-state index contributed by atoms with van der Waals surface area (Å²) in [5.41, 5.74) is 0.933. The molecule has 0 saturated heterocycles. The first-order valence-electron chi connectivity index (χ1n) is 5.07. The van der Waals surface area contributed by atoms with Crippen molar-refractivity contribution in [3.8, 4) is 0 Å². The minimum Gasteiger partial charge on any atom is -0.389 e. The third-order valence-corrected chi connectivity index (χ3v) is 3.55. The summed E-state index contributed by atoms with van der Waals surface area (Å²) in [4.78, 5) is 0. The lowest BCUT2D eigenvalue weighted by Crippen LogP contribution is -2.21. The molecule has 0 aliphatic heterocycles. The van der Waals surface area contributed by atoms with E-state index in [4.69, 9.17) is 0 Å². The first kappa shape index (κ1) is 14.5. The highest BCUT2D eigenvalue weighted by Crippen LogP contribution is 2.23. The first-order valence-corrected chi connectivity index (χ1v) is 7.77. The van der Waals surface area contributed by atoms with Crippen molar-refractivity contribution in [1.29, 1.82) is 0 Å². The molecule has 0 aliphatic carbocycles. The van der Waals surface area contributed by atoms with E-state index in [1.807, 2.05) is 0 Å². The smallest absolute Gasteiger partial charge is 0.151 e. The van der Waals surface area contributed by atoms with Crippen LogP contribution in [0.4, 0.5) is 0 Å². The Labute approximate surface area is 107 Å². The predicted molar refractivity (Wildman–Crippen MR) is 69.8 cm³/mol. The summed E-state index contributed by atoms with van der Waals surface area (Å²) in [6.07, 6.45) is -1.00. The van der Waals surface area contributed by atoms with Crippen LogP contribution in [0.5, 0.6) is 0 Å². The van der Waals surface area contributed by atoms with Crippen LogP contribution in [-0.2, 0) is 15.6 Å². The Hall–Kier alpha value is -0.560. The molecule has 4 nitrogen and oxygen atoms in total. The predicted octanol–water partition coefficient (Wildman–Crippen LogP) is 0.555. The lowest BCUT2D eigenvalue weighted by Gasteiger charge is -2.19. The summed E-state index contributed by atoms with van der Waals surface area (Å²) >= 11 is 3.90. The Bertz CT molecular complexity index is 470. The summed E-state index contributed by atoms with van der Waals surface area (Å²) in [7, 11) is -3.18. The molecule has 2 atom stereocenters. The second-order valence-corrected chi connectivity index (χ2v) is 6.47. The fourth-order valence-corrected chi connectivity index (χ4v) is 2.57. The van der Waals surface area contributed by atoms with Crippen LogP contribution in [0, 0.1) is 0 Å². The van der Waals surface area contributed by atoms with Gasteiger partial charge in [0.15, 0.2) is 9.84 Å². The number of sulfone groups is 1. The van der Waals surface area contributed by atoms with Gasteiger partial charge >= 0.3 is 0 Å². The zero-order valence-electron chi connectivity index (χ0n) is 9.44. The molecule has 0 bridgehead atoms. The quantitative estimate of drug-likeness (QED) is 0.687. The number of thiol groups is 1. The van der Waals surface area contributed by atoms with Crippen molar-refractivity contribution in [2.45, 2.75) is 18.0 Å². The Balaban J connectivity index is 3.07. The highest BCUT2D eigenvalue weighted by Gasteiger charge is 2.20. The van der Waals surface area contributed by atoms with Gasteiger partial charge in [0.1, 0.15) is 6.10 Å². The second-order valence-electron chi connectivity index (χ2n) is 3.96. The summed E-state index contributed by atoms with van der Waals surface area (Å²) in [6, 6.07) is 6.63. The molecule has 0 fully saturated rings. The molecule has 0 spiro atoms. The van der Waals surface area contributed by atoms with Gasteiger partial charge in [-0.2, -0.15) is 12.6 Å². The maximum absolute atomic E-state index is 11.3. The van der Waals surface area contributed by atoms with E-state index in [0.29, 0.717) is 11.1 Å². The third-order valence-electron chi connectivity index (χ3n) is 2.34. The van der Waals surface area contributed by atoms with Crippen molar-refractivity contribution in [3.05, 3.63) is 35.4 Å². The van der Waals surface area contributed by atoms with Gasteiger partial charge in [0.2, 0.25) is 0 Å². The van der Waals surface area contributed by atoms with Crippen molar-refractivity contribution in [2.24, 2.45) is 0 Å². The van der Waals surface area contributed by atoms with Crippen molar-refractivity contribution in [1.82, 2.24) is 0 Å². The van der Waals surface area contributed by atoms with Crippen LogP contribution in [0.3, 0.4) is 0 Å². The van der Waals surface area contributed by atoms with Gasteiger partial charge in [0.05, 0.1) is 11.9 Å². The van der Waals surface area contributed by atoms with Crippen LogP contribution in [0.25, 0.3) is 0 Å². The molecule has 0 aromatic heterocycles. The van der Waals surface area contributed by atoms with Crippen LogP contribution < -0.4 is 0 Å². The number of aliphatic hydroxyl groups is 2. The van der Waals surface area contributed by atoms with Crippen molar-refractivity contribution in [2.75, 3.05) is 12.0 Å². The van der Waals surface area contributed by atoms with Crippen LogP contribution in [0.15, 0.2) is 24.3 Å². The molecule has 1 rings (SSSR count).